The molecule has 1 aromatic carbocycles. The fourth-order valence-electron chi connectivity index (χ4n) is 1.69. The summed E-state index contributed by atoms with van der Waals surface area (Å²) in [4.78, 5) is 14.6. The Bertz CT molecular complexity index is 567. The number of nitrogens with zero attached hydrogens (tertiary/aromatic N) is 3. The van der Waals surface area contributed by atoms with E-state index in [4.69, 9.17) is 5.73 Å². The van der Waals surface area contributed by atoms with Gasteiger partial charge in [0.25, 0.3) is 5.91 Å². The summed E-state index contributed by atoms with van der Waals surface area (Å²) in [7, 11) is 0. The zero-order valence-corrected chi connectivity index (χ0v) is 11.1. The number of nitrogen functional groups attached to an aromatic ring is 1. The largest absolute Gasteiger partial charge is 0.399 e. The van der Waals surface area contributed by atoms with Gasteiger partial charge in [0.05, 0.1) is 5.69 Å². The lowest BCUT2D eigenvalue weighted by atomic mass is 10.2. The molecule has 0 spiro atoms. The predicted molar refractivity (Wildman–Crippen MR) is 72.9 cm³/mol. The molecular weight excluding hydrogens is 248 g/mol. The first kappa shape index (κ1) is 12.5. The second kappa shape index (κ2) is 5.14. The maximum atomic E-state index is 12.4. The second-order valence-electron chi connectivity index (χ2n) is 3.83. The van der Waals surface area contributed by atoms with Gasteiger partial charge in [-0.1, -0.05) is 10.6 Å². The van der Waals surface area contributed by atoms with E-state index in [1.807, 2.05) is 19.1 Å². The summed E-state index contributed by atoms with van der Waals surface area (Å²) < 4.78 is 3.79. The Morgan fingerprint density at radius 2 is 2.28 bits per heavy atom. The SMILES string of the molecule is CCN(C(=O)c1snnc1C)c1cccc(N)c1. The van der Waals surface area contributed by atoms with Crippen LogP contribution in [0.1, 0.15) is 22.3 Å². The summed E-state index contributed by atoms with van der Waals surface area (Å²) >= 11 is 1.12. The van der Waals surface area contributed by atoms with Crippen LogP contribution in [0.15, 0.2) is 24.3 Å². The molecule has 0 unspecified atom stereocenters. The van der Waals surface area contributed by atoms with Crippen LogP contribution in [0.2, 0.25) is 0 Å². The summed E-state index contributed by atoms with van der Waals surface area (Å²) in [5, 5.41) is 3.86. The highest BCUT2D eigenvalue weighted by Crippen LogP contribution is 2.21. The molecule has 1 aromatic heterocycles. The van der Waals surface area contributed by atoms with Crippen molar-refractivity contribution in [3.05, 3.63) is 34.8 Å². The molecule has 0 radical (unpaired) electrons. The molecule has 1 heterocycles. The fourth-order valence-corrected chi connectivity index (χ4v) is 2.29. The predicted octanol–water partition coefficient (Wildman–Crippen LogP) is 2.10. The number of aromatic nitrogens is 2. The topological polar surface area (TPSA) is 72.1 Å². The molecule has 0 saturated heterocycles. The molecule has 2 rings (SSSR count). The van der Waals surface area contributed by atoms with Crippen LogP contribution in [0.4, 0.5) is 11.4 Å². The van der Waals surface area contributed by atoms with Crippen LogP contribution in [0.5, 0.6) is 0 Å². The Kier molecular flexibility index (Phi) is 3.57. The molecule has 0 aliphatic carbocycles. The molecule has 2 aromatic rings. The van der Waals surface area contributed by atoms with Crippen molar-refractivity contribution in [2.45, 2.75) is 13.8 Å². The van der Waals surface area contributed by atoms with Crippen molar-refractivity contribution in [3.8, 4) is 0 Å². The molecule has 5 nitrogen and oxygen atoms in total. The highest BCUT2D eigenvalue weighted by molar-refractivity contribution is 7.08. The number of benzene rings is 1. The Hall–Kier alpha value is -1.95. The van der Waals surface area contributed by atoms with Gasteiger partial charge in [0.1, 0.15) is 4.88 Å². The van der Waals surface area contributed by atoms with Crippen LogP contribution in [-0.2, 0) is 0 Å². The van der Waals surface area contributed by atoms with E-state index in [-0.39, 0.29) is 5.91 Å². The number of amides is 1. The molecule has 0 fully saturated rings. The van der Waals surface area contributed by atoms with Crippen LogP contribution >= 0.6 is 11.5 Å². The number of hydrogen-bond acceptors (Lipinski definition) is 5. The summed E-state index contributed by atoms with van der Waals surface area (Å²) in [5.74, 6) is -0.0874. The normalized spacial score (nSPS) is 10.3. The lowest BCUT2D eigenvalue weighted by Crippen LogP contribution is -2.30. The monoisotopic (exact) mass is 262 g/mol. The minimum atomic E-state index is -0.0874. The molecule has 0 aliphatic rings. The van der Waals surface area contributed by atoms with E-state index in [9.17, 15) is 4.79 Å². The Balaban J connectivity index is 2.35. The highest BCUT2D eigenvalue weighted by Gasteiger charge is 2.20. The molecule has 0 atom stereocenters. The molecule has 0 saturated carbocycles. The van der Waals surface area contributed by atoms with Gasteiger partial charge < -0.3 is 10.6 Å². The summed E-state index contributed by atoms with van der Waals surface area (Å²) in [6, 6.07) is 7.27. The maximum absolute atomic E-state index is 12.4. The van der Waals surface area contributed by atoms with Crippen molar-refractivity contribution in [1.82, 2.24) is 9.59 Å². The average molecular weight is 262 g/mol. The van der Waals surface area contributed by atoms with Gasteiger partial charge in [-0.15, -0.1) is 5.10 Å². The van der Waals surface area contributed by atoms with Gasteiger partial charge >= 0.3 is 0 Å². The minimum absolute atomic E-state index is 0.0874. The van der Waals surface area contributed by atoms with E-state index in [1.165, 1.54) is 0 Å². The minimum Gasteiger partial charge on any atom is -0.399 e. The van der Waals surface area contributed by atoms with E-state index in [0.717, 1.165) is 17.2 Å². The number of hydrogen-bond donors (Lipinski definition) is 1. The zero-order chi connectivity index (χ0) is 13.1. The van der Waals surface area contributed by atoms with Crippen molar-refractivity contribution >= 4 is 28.8 Å². The molecular formula is C12H14N4OS. The van der Waals surface area contributed by atoms with E-state index >= 15 is 0 Å². The average Bonchev–Trinajstić information content (AvgIpc) is 2.76. The van der Waals surface area contributed by atoms with Crippen molar-refractivity contribution < 1.29 is 4.79 Å². The maximum Gasteiger partial charge on any atom is 0.271 e. The summed E-state index contributed by atoms with van der Waals surface area (Å²) in [5.41, 5.74) is 7.82. The van der Waals surface area contributed by atoms with Gasteiger partial charge in [0, 0.05) is 17.9 Å². The van der Waals surface area contributed by atoms with Gasteiger partial charge in [-0.2, -0.15) is 0 Å². The van der Waals surface area contributed by atoms with Crippen molar-refractivity contribution in [2.75, 3.05) is 17.2 Å². The van der Waals surface area contributed by atoms with E-state index < -0.39 is 0 Å². The molecule has 94 valence electrons. The fraction of sp³-hybridized carbons (Fsp3) is 0.250. The molecule has 0 bridgehead atoms. The van der Waals surface area contributed by atoms with Crippen molar-refractivity contribution in [2.24, 2.45) is 0 Å². The van der Waals surface area contributed by atoms with Crippen LogP contribution in [0.3, 0.4) is 0 Å². The quantitative estimate of drug-likeness (QED) is 0.860. The molecule has 18 heavy (non-hydrogen) atoms. The molecule has 6 heteroatoms. The first-order valence-corrected chi connectivity index (χ1v) is 6.37. The first-order chi connectivity index (χ1) is 8.63. The Labute approximate surface area is 109 Å². The number of nitrogens with two attached hydrogens (primary N) is 1. The van der Waals surface area contributed by atoms with Gasteiger partial charge in [-0.25, -0.2) is 0 Å². The van der Waals surface area contributed by atoms with Gasteiger partial charge in [0.2, 0.25) is 0 Å². The van der Waals surface area contributed by atoms with Gasteiger partial charge in [-0.3, -0.25) is 4.79 Å². The third-order valence-corrected chi connectivity index (χ3v) is 3.40. The third-order valence-electron chi connectivity index (χ3n) is 2.59. The van der Waals surface area contributed by atoms with Crippen molar-refractivity contribution in [3.63, 3.8) is 0 Å². The lowest BCUT2D eigenvalue weighted by Gasteiger charge is -2.20. The molecule has 0 aliphatic heterocycles. The molecule has 1 amide bonds. The molecule has 2 N–H and O–H groups in total. The van der Waals surface area contributed by atoms with E-state index in [1.54, 1.807) is 24.0 Å². The summed E-state index contributed by atoms with van der Waals surface area (Å²) in [6.45, 7) is 4.27. The lowest BCUT2D eigenvalue weighted by molar-refractivity contribution is 0.0991. The number of rotatable bonds is 3. The van der Waals surface area contributed by atoms with Crippen LogP contribution in [0, 0.1) is 6.92 Å². The number of aryl methyl sites for hydroxylation is 1. The highest BCUT2D eigenvalue weighted by atomic mass is 32.1. The number of anilines is 2. The van der Waals surface area contributed by atoms with E-state index in [0.29, 0.717) is 22.8 Å². The zero-order valence-electron chi connectivity index (χ0n) is 10.3. The van der Waals surface area contributed by atoms with E-state index in [2.05, 4.69) is 9.59 Å². The smallest absolute Gasteiger partial charge is 0.271 e. The number of carbonyl (C=O) groups is 1. The first-order valence-electron chi connectivity index (χ1n) is 5.60. The van der Waals surface area contributed by atoms with Crippen molar-refractivity contribution in [1.29, 1.82) is 0 Å². The standard InChI is InChI=1S/C12H14N4OS/c1-3-16(10-6-4-5-9(13)7-10)12(17)11-8(2)14-15-18-11/h4-7H,3,13H2,1-2H3. The van der Waals surface area contributed by atoms with Gasteiger partial charge in [0.15, 0.2) is 0 Å². The Morgan fingerprint density at radius 1 is 1.50 bits per heavy atom. The Morgan fingerprint density at radius 3 is 2.83 bits per heavy atom. The summed E-state index contributed by atoms with van der Waals surface area (Å²) in [6.07, 6.45) is 0. The third kappa shape index (κ3) is 2.33. The van der Waals surface area contributed by atoms with Crippen LogP contribution in [0.25, 0.3) is 0 Å². The number of carbonyl (C=O) groups excluding carboxylic acids is 1. The van der Waals surface area contributed by atoms with Crippen LogP contribution < -0.4 is 10.6 Å². The van der Waals surface area contributed by atoms with Crippen LogP contribution in [-0.4, -0.2) is 22.0 Å². The van der Waals surface area contributed by atoms with Gasteiger partial charge in [-0.05, 0) is 43.6 Å². The second-order valence-corrected chi connectivity index (χ2v) is 4.59.